The monoisotopic (exact) mass is 490 g/mol. The zero-order valence-electron chi connectivity index (χ0n) is 20.2. The Morgan fingerprint density at radius 3 is 2.14 bits per heavy atom. The first-order valence-electron chi connectivity index (χ1n) is 12.3. The lowest BCUT2D eigenvalue weighted by molar-refractivity contribution is 0.206. The summed E-state index contributed by atoms with van der Waals surface area (Å²) in [5.74, 6) is 1.29. The summed E-state index contributed by atoms with van der Waals surface area (Å²) in [6, 6.07) is 29.2. The second-order valence-electron chi connectivity index (χ2n) is 9.13. The van der Waals surface area contributed by atoms with Crippen LogP contribution in [0.25, 0.3) is 11.4 Å². The Bertz CT molecular complexity index is 1530. The summed E-state index contributed by atoms with van der Waals surface area (Å²) in [5.41, 5.74) is 10.7. The highest BCUT2D eigenvalue weighted by Gasteiger charge is 2.28. The molecule has 0 bridgehead atoms. The second-order valence-corrected chi connectivity index (χ2v) is 9.13. The standard InChI is InChI=1S/C29H26N6O2/c30-29-31-24-18-34(19-25-32-27(33-37-25)22-14-8-3-9-15-22)17-16-23(24)28(36)35(29)26(20-10-4-1-5-11-20)21-12-6-2-7-13-21/h1-15,26H,16-19H2,(H2,30,31). The van der Waals surface area contributed by atoms with Crippen LogP contribution >= 0.6 is 0 Å². The Labute approximate surface area is 214 Å². The molecule has 0 atom stereocenters. The summed E-state index contributed by atoms with van der Waals surface area (Å²) < 4.78 is 7.12. The Morgan fingerprint density at radius 1 is 0.865 bits per heavy atom. The van der Waals surface area contributed by atoms with E-state index in [1.807, 2.05) is 91.0 Å². The smallest absolute Gasteiger partial charge is 0.259 e. The van der Waals surface area contributed by atoms with Crippen molar-refractivity contribution in [3.8, 4) is 11.4 Å². The average molecular weight is 491 g/mol. The van der Waals surface area contributed by atoms with Gasteiger partial charge in [0.15, 0.2) is 0 Å². The highest BCUT2D eigenvalue weighted by molar-refractivity contribution is 5.53. The highest BCUT2D eigenvalue weighted by Crippen LogP contribution is 2.28. The van der Waals surface area contributed by atoms with Crippen LogP contribution in [0.3, 0.4) is 0 Å². The number of nitrogens with two attached hydrogens (primary N) is 1. The van der Waals surface area contributed by atoms with E-state index < -0.39 is 0 Å². The van der Waals surface area contributed by atoms with Crippen molar-refractivity contribution in [2.45, 2.75) is 25.6 Å². The molecule has 3 aromatic carbocycles. The fraction of sp³-hybridized carbons (Fsp3) is 0.172. The third-order valence-electron chi connectivity index (χ3n) is 6.72. The van der Waals surface area contributed by atoms with Crippen molar-refractivity contribution < 1.29 is 4.52 Å². The van der Waals surface area contributed by atoms with Gasteiger partial charge in [0.25, 0.3) is 5.56 Å². The Hall–Kier alpha value is -4.56. The van der Waals surface area contributed by atoms with Crippen molar-refractivity contribution >= 4 is 5.95 Å². The molecule has 2 aromatic heterocycles. The first-order chi connectivity index (χ1) is 18.2. The molecule has 0 saturated heterocycles. The van der Waals surface area contributed by atoms with Gasteiger partial charge in [0.05, 0.1) is 18.3 Å². The lowest BCUT2D eigenvalue weighted by Gasteiger charge is -2.29. The average Bonchev–Trinajstić information content (AvgIpc) is 3.41. The Kier molecular flexibility index (Phi) is 6.08. The van der Waals surface area contributed by atoms with Crippen LogP contribution in [0.4, 0.5) is 5.95 Å². The number of rotatable bonds is 6. The first kappa shape index (κ1) is 22.9. The summed E-state index contributed by atoms with van der Waals surface area (Å²) in [6.07, 6.45) is 0.567. The lowest BCUT2D eigenvalue weighted by atomic mass is 9.97. The van der Waals surface area contributed by atoms with Gasteiger partial charge in [-0.25, -0.2) is 4.98 Å². The van der Waals surface area contributed by atoms with Gasteiger partial charge in [-0.3, -0.25) is 14.3 Å². The molecule has 6 rings (SSSR count). The van der Waals surface area contributed by atoms with Gasteiger partial charge in [0.1, 0.15) is 0 Å². The van der Waals surface area contributed by atoms with Crippen LogP contribution in [0.1, 0.15) is 34.3 Å². The molecule has 0 saturated carbocycles. The quantitative estimate of drug-likeness (QED) is 0.383. The molecule has 0 amide bonds. The maximum Gasteiger partial charge on any atom is 0.259 e. The van der Waals surface area contributed by atoms with Crippen LogP contribution < -0.4 is 11.3 Å². The molecule has 3 heterocycles. The minimum absolute atomic E-state index is 0.0935. The number of nitrogen functional groups attached to an aromatic ring is 1. The molecule has 1 aliphatic heterocycles. The van der Waals surface area contributed by atoms with Crippen molar-refractivity contribution in [1.82, 2.24) is 24.6 Å². The number of anilines is 1. The van der Waals surface area contributed by atoms with Gasteiger partial charge >= 0.3 is 0 Å². The molecule has 0 spiro atoms. The normalized spacial score (nSPS) is 13.5. The van der Waals surface area contributed by atoms with E-state index in [0.717, 1.165) is 16.7 Å². The van der Waals surface area contributed by atoms with Crippen molar-refractivity contribution in [3.05, 3.63) is 130 Å². The number of aromatic nitrogens is 4. The number of fused-ring (bicyclic) bond motifs is 1. The maximum absolute atomic E-state index is 13.8. The van der Waals surface area contributed by atoms with Gasteiger partial charge in [0.2, 0.25) is 17.7 Å². The zero-order valence-corrected chi connectivity index (χ0v) is 20.2. The summed E-state index contributed by atoms with van der Waals surface area (Å²) in [5, 5.41) is 4.11. The SMILES string of the molecule is Nc1nc2c(c(=O)n1C(c1ccccc1)c1ccccc1)CCN(Cc1nc(-c3ccccc3)no1)C2. The molecule has 0 radical (unpaired) electrons. The molecule has 2 N–H and O–H groups in total. The minimum atomic E-state index is -0.361. The van der Waals surface area contributed by atoms with Gasteiger partial charge in [0, 0.05) is 24.2 Å². The molecule has 5 aromatic rings. The third kappa shape index (κ3) is 4.54. The van der Waals surface area contributed by atoms with Crippen molar-refractivity contribution in [2.24, 2.45) is 0 Å². The summed E-state index contributed by atoms with van der Waals surface area (Å²) in [7, 11) is 0. The number of hydrogen-bond donors (Lipinski definition) is 1. The van der Waals surface area contributed by atoms with E-state index >= 15 is 0 Å². The molecular weight excluding hydrogens is 464 g/mol. The predicted octanol–water partition coefficient (Wildman–Crippen LogP) is 4.07. The number of nitrogens with zero attached hydrogens (tertiary/aromatic N) is 5. The Morgan fingerprint density at radius 2 is 1.49 bits per heavy atom. The molecule has 0 aliphatic carbocycles. The lowest BCUT2D eigenvalue weighted by Crippen LogP contribution is -2.39. The van der Waals surface area contributed by atoms with E-state index in [-0.39, 0.29) is 17.5 Å². The van der Waals surface area contributed by atoms with Gasteiger partial charge in [-0.05, 0) is 17.5 Å². The number of benzene rings is 3. The van der Waals surface area contributed by atoms with Crippen molar-refractivity contribution in [1.29, 1.82) is 0 Å². The predicted molar refractivity (Wildman–Crippen MR) is 141 cm³/mol. The summed E-state index contributed by atoms with van der Waals surface area (Å²) in [6.45, 7) is 1.64. The fourth-order valence-corrected chi connectivity index (χ4v) is 4.94. The van der Waals surface area contributed by atoms with Crippen LogP contribution in [0, 0.1) is 0 Å². The van der Waals surface area contributed by atoms with Crippen LogP contribution in [0.5, 0.6) is 0 Å². The second kappa shape index (κ2) is 9.83. The molecule has 37 heavy (non-hydrogen) atoms. The Balaban J connectivity index is 1.29. The molecule has 0 unspecified atom stereocenters. The third-order valence-corrected chi connectivity index (χ3v) is 6.72. The van der Waals surface area contributed by atoms with E-state index in [4.69, 9.17) is 15.2 Å². The zero-order chi connectivity index (χ0) is 25.2. The van der Waals surface area contributed by atoms with Gasteiger partial charge < -0.3 is 10.3 Å². The fourth-order valence-electron chi connectivity index (χ4n) is 4.94. The summed E-state index contributed by atoms with van der Waals surface area (Å²) >= 11 is 0. The molecule has 8 nitrogen and oxygen atoms in total. The largest absolute Gasteiger partial charge is 0.369 e. The van der Waals surface area contributed by atoms with Crippen LogP contribution in [0.2, 0.25) is 0 Å². The number of hydrogen-bond acceptors (Lipinski definition) is 7. The molecule has 1 aliphatic rings. The molecule has 8 heteroatoms. The topological polar surface area (TPSA) is 103 Å². The van der Waals surface area contributed by atoms with E-state index in [1.165, 1.54) is 0 Å². The molecular formula is C29H26N6O2. The van der Waals surface area contributed by atoms with Crippen LogP contribution in [-0.4, -0.2) is 31.1 Å². The van der Waals surface area contributed by atoms with Crippen LogP contribution in [0.15, 0.2) is 100 Å². The highest BCUT2D eigenvalue weighted by atomic mass is 16.5. The first-order valence-corrected chi connectivity index (χ1v) is 12.3. The maximum atomic E-state index is 13.8. The molecule has 0 fully saturated rings. The van der Waals surface area contributed by atoms with E-state index in [2.05, 4.69) is 15.0 Å². The van der Waals surface area contributed by atoms with Crippen LogP contribution in [-0.2, 0) is 19.5 Å². The van der Waals surface area contributed by atoms with Crippen molar-refractivity contribution in [3.63, 3.8) is 0 Å². The van der Waals surface area contributed by atoms with Crippen molar-refractivity contribution in [2.75, 3.05) is 12.3 Å². The van der Waals surface area contributed by atoms with Gasteiger partial charge in [-0.2, -0.15) is 4.98 Å². The van der Waals surface area contributed by atoms with Gasteiger partial charge in [-0.1, -0.05) is 96.2 Å². The van der Waals surface area contributed by atoms with Gasteiger partial charge in [-0.15, -0.1) is 0 Å². The minimum Gasteiger partial charge on any atom is -0.369 e. The van der Waals surface area contributed by atoms with E-state index in [1.54, 1.807) is 4.57 Å². The van der Waals surface area contributed by atoms with E-state index in [0.29, 0.717) is 49.0 Å². The van der Waals surface area contributed by atoms with E-state index in [9.17, 15) is 4.79 Å². The molecule has 184 valence electrons. The summed E-state index contributed by atoms with van der Waals surface area (Å²) in [4.78, 5) is 25.2.